The molecule has 0 fully saturated rings. The van der Waals surface area contributed by atoms with Crippen LogP contribution in [0.4, 0.5) is 11.4 Å². The number of nitrogens with zero attached hydrogens (tertiary/aromatic N) is 3. The summed E-state index contributed by atoms with van der Waals surface area (Å²) in [6.45, 7) is 5.51. The molecule has 0 bridgehead atoms. The number of halogens is 1. The highest BCUT2D eigenvalue weighted by Gasteiger charge is 2.20. The largest absolute Gasteiger partial charge is 0.319 e. The van der Waals surface area contributed by atoms with Crippen LogP contribution in [0.15, 0.2) is 47.9 Å². The molecular formula is C20H19ClN4O3S. The van der Waals surface area contributed by atoms with Gasteiger partial charge in [-0.15, -0.1) is 0 Å². The van der Waals surface area contributed by atoms with E-state index in [1.54, 1.807) is 25.4 Å². The average Bonchev–Trinajstić information content (AvgIpc) is 3.14. The van der Waals surface area contributed by atoms with Crippen LogP contribution in [0, 0.1) is 30.9 Å². The highest BCUT2D eigenvalue weighted by Crippen LogP contribution is 2.31. The summed E-state index contributed by atoms with van der Waals surface area (Å²) in [5.74, 6) is -0.287. The molecule has 0 unspecified atom stereocenters. The zero-order valence-corrected chi connectivity index (χ0v) is 17.7. The Balaban J connectivity index is 1.77. The minimum absolute atomic E-state index is 0.0567. The van der Waals surface area contributed by atoms with E-state index in [0.29, 0.717) is 15.7 Å². The van der Waals surface area contributed by atoms with Gasteiger partial charge in [-0.2, -0.15) is 0 Å². The van der Waals surface area contributed by atoms with Crippen LogP contribution < -0.4 is 5.32 Å². The van der Waals surface area contributed by atoms with Gasteiger partial charge in [0.05, 0.1) is 16.4 Å². The highest BCUT2D eigenvalue weighted by atomic mass is 35.5. The smallest absolute Gasteiger partial charge is 0.293 e. The topological polar surface area (TPSA) is 90.1 Å². The van der Waals surface area contributed by atoms with Gasteiger partial charge >= 0.3 is 0 Å². The normalized spacial score (nSPS) is 10.8. The van der Waals surface area contributed by atoms with Gasteiger partial charge in [0.25, 0.3) is 5.69 Å². The predicted octanol–water partition coefficient (Wildman–Crippen LogP) is 5.09. The number of hydrogen-bond acceptors (Lipinski definition) is 5. The van der Waals surface area contributed by atoms with E-state index in [4.69, 9.17) is 11.6 Å². The first-order chi connectivity index (χ1) is 13.8. The fourth-order valence-electron chi connectivity index (χ4n) is 2.85. The second-order valence-electron chi connectivity index (χ2n) is 6.46. The van der Waals surface area contributed by atoms with Crippen molar-refractivity contribution < 1.29 is 9.72 Å². The Hall–Kier alpha value is -2.84. The molecule has 1 amide bonds. The molecule has 0 radical (unpaired) electrons. The fourth-order valence-corrected chi connectivity index (χ4v) is 3.79. The Kier molecular flexibility index (Phi) is 6.24. The molecule has 2 aromatic carbocycles. The van der Waals surface area contributed by atoms with Gasteiger partial charge in [0.15, 0.2) is 5.16 Å². The number of thioether (sulfide) groups is 1. The molecular weight excluding hydrogens is 412 g/mol. The number of rotatable bonds is 6. The Morgan fingerprint density at radius 2 is 2.00 bits per heavy atom. The molecule has 0 spiro atoms. The molecule has 1 heterocycles. The van der Waals surface area contributed by atoms with Crippen LogP contribution in [0.5, 0.6) is 0 Å². The molecule has 150 valence electrons. The SMILES string of the molecule is Cc1ccc([N+](=O)[O-])c(NC(=O)CSc2nccn2-c2cccc(Cl)c2C)c1C. The third kappa shape index (κ3) is 4.44. The van der Waals surface area contributed by atoms with Crippen molar-refractivity contribution in [1.82, 2.24) is 9.55 Å². The van der Waals surface area contributed by atoms with E-state index in [1.165, 1.54) is 17.8 Å². The number of imidazole rings is 1. The second kappa shape index (κ2) is 8.67. The van der Waals surface area contributed by atoms with E-state index in [1.807, 2.05) is 36.6 Å². The highest BCUT2D eigenvalue weighted by molar-refractivity contribution is 7.99. The summed E-state index contributed by atoms with van der Waals surface area (Å²) >= 11 is 7.45. The summed E-state index contributed by atoms with van der Waals surface area (Å²) in [7, 11) is 0. The number of benzene rings is 2. The summed E-state index contributed by atoms with van der Waals surface area (Å²) in [5.41, 5.74) is 3.43. The number of nitro benzene ring substituents is 1. The Morgan fingerprint density at radius 3 is 2.72 bits per heavy atom. The molecule has 0 atom stereocenters. The number of amides is 1. The first-order valence-corrected chi connectivity index (χ1v) is 10.1. The lowest BCUT2D eigenvalue weighted by Crippen LogP contribution is -2.17. The molecule has 3 aromatic rings. The molecule has 29 heavy (non-hydrogen) atoms. The van der Waals surface area contributed by atoms with Gasteiger partial charge in [0.1, 0.15) is 5.69 Å². The summed E-state index contributed by atoms with van der Waals surface area (Å²) in [4.78, 5) is 27.6. The van der Waals surface area contributed by atoms with Crippen molar-refractivity contribution in [2.75, 3.05) is 11.1 Å². The van der Waals surface area contributed by atoms with Crippen LogP contribution in [-0.4, -0.2) is 26.1 Å². The molecule has 0 saturated carbocycles. The predicted molar refractivity (Wildman–Crippen MR) is 115 cm³/mol. The molecule has 9 heteroatoms. The van der Waals surface area contributed by atoms with Crippen molar-refractivity contribution in [3.8, 4) is 5.69 Å². The molecule has 0 saturated heterocycles. The zero-order chi connectivity index (χ0) is 21.1. The Bertz CT molecular complexity index is 1100. The van der Waals surface area contributed by atoms with Crippen molar-refractivity contribution in [2.24, 2.45) is 0 Å². The maximum atomic E-state index is 12.5. The van der Waals surface area contributed by atoms with Crippen molar-refractivity contribution in [3.05, 3.63) is 74.6 Å². The standard InChI is InChI=1S/C20H19ClN4O3S/c1-12-7-8-17(25(27)28)19(13(12)2)23-18(26)11-29-20-22-9-10-24(20)16-6-4-5-15(21)14(16)3/h4-10H,11H2,1-3H3,(H,23,26). The molecule has 1 N–H and O–H groups in total. The Labute approximate surface area is 177 Å². The summed E-state index contributed by atoms with van der Waals surface area (Å²) in [5, 5.41) is 15.3. The Morgan fingerprint density at radius 1 is 1.24 bits per heavy atom. The molecule has 1 aromatic heterocycles. The van der Waals surface area contributed by atoms with E-state index in [2.05, 4.69) is 10.3 Å². The maximum Gasteiger partial charge on any atom is 0.293 e. The molecule has 0 aliphatic carbocycles. The molecule has 0 aliphatic rings. The number of hydrogen-bond donors (Lipinski definition) is 1. The number of carbonyl (C=O) groups is 1. The van der Waals surface area contributed by atoms with Crippen LogP contribution in [0.2, 0.25) is 5.02 Å². The van der Waals surface area contributed by atoms with Gasteiger partial charge in [-0.05, 0) is 49.6 Å². The van der Waals surface area contributed by atoms with Crippen molar-refractivity contribution >= 4 is 40.6 Å². The lowest BCUT2D eigenvalue weighted by atomic mass is 10.1. The molecule has 3 rings (SSSR count). The van der Waals surface area contributed by atoms with Gasteiger partial charge in [0, 0.05) is 23.5 Å². The van der Waals surface area contributed by atoms with E-state index < -0.39 is 4.92 Å². The fraction of sp³-hybridized carbons (Fsp3) is 0.200. The monoisotopic (exact) mass is 430 g/mol. The molecule has 0 aliphatic heterocycles. The van der Waals surface area contributed by atoms with Gasteiger partial charge in [-0.1, -0.05) is 35.5 Å². The van der Waals surface area contributed by atoms with E-state index in [0.717, 1.165) is 16.8 Å². The zero-order valence-electron chi connectivity index (χ0n) is 16.1. The molecule has 7 nitrogen and oxygen atoms in total. The second-order valence-corrected chi connectivity index (χ2v) is 7.81. The first kappa shape index (κ1) is 20.9. The summed E-state index contributed by atoms with van der Waals surface area (Å²) < 4.78 is 1.86. The van der Waals surface area contributed by atoms with Crippen LogP contribution >= 0.6 is 23.4 Å². The van der Waals surface area contributed by atoms with Crippen LogP contribution in [-0.2, 0) is 4.79 Å². The van der Waals surface area contributed by atoms with Crippen LogP contribution in [0.3, 0.4) is 0 Å². The van der Waals surface area contributed by atoms with Crippen molar-refractivity contribution in [2.45, 2.75) is 25.9 Å². The third-order valence-electron chi connectivity index (χ3n) is 4.61. The van der Waals surface area contributed by atoms with Crippen LogP contribution in [0.25, 0.3) is 5.69 Å². The van der Waals surface area contributed by atoms with Gasteiger partial charge in [-0.25, -0.2) is 4.98 Å². The third-order valence-corrected chi connectivity index (χ3v) is 5.99. The number of aryl methyl sites for hydroxylation is 1. The van der Waals surface area contributed by atoms with Gasteiger partial charge in [-0.3, -0.25) is 19.5 Å². The number of nitrogens with one attached hydrogen (secondary N) is 1. The lowest BCUT2D eigenvalue weighted by Gasteiger charge is -2.12. The minimum Gasteiger partial charge on any atom is -0.319 e. The minimum atomic E-state index is -0.496. The first-order valence-electron chi connectivity index (χ1n) is 8.75. The quantitative estimate of drug-likeness (QED) is 0.334. The van der Waals surface area contributed by atoms with Crippen molar-refractivity contribution in [3.63, 3.8) is 0 Å². The van der Waals surface area contributed by atoms with Gasteiger partial charge in [0.2, 0.25) is 5.91 Å². The van der Waals surface area contributed by atoms with E-state index in [9.17, 15) is 14.9 Å². The van der Waals surface area contributed by atoms with E-state index >= 15 is 0 Å². The number of aromatic nitrogens is 2. The lowest BCUT2D eigenvalue weighted by molar-refractivity contribution is -0.384. The number of anilines is 1. The summed E-state index contributed by atoms with van der Waals surface area (Å²) in [6, 6.07) is 8.66. The van der Waals surface area contributed by atoms with E-state index in [-0.39, 0.29) is 23.0 Å². The maximum absolute atomic E-state index is 12.5. The van der Waals surface area contributed by atoms with Gasteiger partial charge < -0.3 is 5.32 Å². The number of nitro groups is 1. The average molecular weight is 431 g/mol. The van der Waals surface area contributed by atoms with Crippen molar-refractivity contribution in [1.29, 1.82) is 0 Å². The number of carbonyl (C=O) groups excluding carboxylic acids is 1. The summed E-state index contributed by atoms with van der Waals surface area (Å²) in [6.07, 6.45) is 3.45. The van der Waals surface area contributed by atoms with Crippen LogP contribution in [0.1, 0.15) is 16.7 Å².